The fourth-order valence-corrected chi connectivity index (χ4v) is 4.34. The van der Waals surface area contributed by atoms with E-state index in [0.29, 0.717) is 6.04 Å². The lowest BCUT2D eigenvalue weighted by atomic mass is 9.95. The number of nitrogens with zero attached hydrogens (tertiary/aromatic N) is 4. The highest BCUT2D eigenvalue weighted by Crippen LogP contribution is 2.37. The molecule has 0 N–H and O–H groups in total. The van der Waals surface area contributed by atoms with Gasteiger partial charge >= 0.3 is 0 Å². The van der Waals surface area contributed by atoms with Crippen LogP contribution in [-0.2, 0) is 17.9 Å². The molecule has 26 heavy (non-hydrogen) atoms. The van der Waals surface area contributed by atoms with Crippen LogP contribution in [0.25, 0.3) is 0 Å². The number of carbonyl (C=O) groups is 1. The first kappa shape index (κ1) is 17.1. The Bertz CT molecular complexity index is 780. The molecule has 0 unspecified atom stereocenters. The summed E-state index contributed by atoms with van der Waals surface area (Å²) in [7, 11) is 1.74. The van der Waals surface area contributed by atoms with Gasteiger partial charge in [-0.3, -0.25) is 9.69 Å². The summed E-state index contributed by atoms with van der Waals surface area (Å²) in [6.45, 7) is 5.05. The molecule has 0 saturated carbocycles. The van der Waals surface area contributed by atoms with Crippen molar-refractivity contribution in [3.05, 3.63) is 48.0 Å². The van der Waals surface area contributed by atoms with Crippen molar-refractivity contribution in [2.45, 2.75) is 44.9 Å². The van der Waals surface area contributed by atoms with Gasteiger partial charge in [-0.2, -0.15) is 0 Å². The number of amides is 1. The van der Waals surface area contributed by atoms with Gasteiger partial charge in [0.05, 0.1) is 19.7 Å². The normalized spacial score (nSPS) is 21.5. The molecule has 0 aliphatic carbocycles. The van der Waals surface area contributed by atoms with Crippen molar-refractivity contribution >= 4 is 5.91 Å². The number of methoxy groups -OCH3 is 1. The highest BCUT2D eigenvalue weighted by Gasteiger charge is 2.36. The third kappa shape index (κ3) is 3.09. The van der Waals surface area contributed by atoms with Gasteiger partial charge in [-0.15, -0.1) is 0 Å². The largest absolute Gasteiger partial charge is 0.496 e. The second kappa shape index (κ2) is 7.11. The Morgan fingerprint density at radius 1 is 1.23 bits per heavy atom. The minimum absolute atomic E-state index is 0.180. The van der Waals surface area contributed by atoms with Crippen molar-refractivity contribution in [2.24, 2.45) is 0 Å². The number of hydrogen-bond donors (Lipinski definition) is 0. The van der Waals surface area contributed by atoms with Gasteiger partial charge < -0.3 is 14.2 Å². The van der Waals surface area contributed by atoms with Crippen LogP contribution in [0, 0.1) is 0 Å². The van der Waals surface area contributed by atoms with E-state index in [1.165, 1.54) is 5.56 Å². The molecule has 4 rings (SSSR count). The molecular formula is C20H26N4O2. The molecule has 2 aliphatic rings. The second-order valence-corrected chi connectivity index (χ2v) is 7.16. The van der Waals surface area contributed by atoms with E-state index in [9.17, 15) is 4.79 Å². The Morgan fingerprint density at radius 3 is 2.73 bits per heavy atom. The molecule has 3 heterocycles. The standard InChI is InChI=1S/C20H26N4O2/c1-15(25)22-10-7-16(8-11-22)24-14-20-21-9-12-23(20)13-18(24)17-5-3-4-6-19(17)26-2/h3-6,9,12,16,18H,7-8,10-11,13-14H2,1-2H3/t18-/m0/s1. The van der Waals surface area contributed by atoms with E-state index in [0.717, 1.165) is 50.6 Å². The van der Waals surface area contributed by atoms with Gasteiger partial charge in [0.1, 0.15) is 11.6 Å². The Labute approximate surface area is 154 Å². The monoisotopic (exact) mass is 354 g/mol. The summed E-state index contributed by atoms with van der Waals surface area (Å²) < 4.78 is 7.90. The highest BCUT2D eigenvalue weighted by atomic mass is 16.5. The number of imidazole rings is 1. The number of aromatic nitrogens is 2. The van der Waals surface area contributed by atoms with Crippen LogP contribution >= 0.6 is 0 Å². The van der Waals surface area contributed by atoms with Gasteiger partial charge in [0.2, 0.25) is 5.91 Å². The maximum absolute atomic E-state index is 11.7. The third-order valence-electron chi connectivity index (χ3n) is 5.77. The SMILES string of the molecule is COc1ccccc1[C@@H]1Cn2ccnc2CN1C1CCN(C(C)=O)CC1. The molecule has 6 nitrogen and oxygen atoms in total. The van der Waals surface area contributed by atoms with Gasteiger partial charge in [-0.05, 0) is 18.9 Å². The smallest absolute Gasteiger partial charge is 0.219 e. The predicted molar refractivity (Wildman–Crippen MR) is 98.8 cm³/mol. The molecule has 138 valence electrons. The number of fused-ring (bicyclic) bond motifs is 1. The number of piperidine rings is 1. The van der Waals surface area contributed by atoms with E-state index in [1.807, 2.05) is 23.2 Å². The molecule has 0 radical (unpaired) electrons. The molecule has 6 heteroatoms. The van der Waals surface area contributed by atoms with E-state index < -0.39 is 0 Å². The van der Waals surface area contributed by atoms with Gasteiger partial charge in [-0.25, -0.2) is 4.98 Å². The number of likely N-dealkylation sites (tertiary alicyclic amines) is 1. The Kier molecular flexibility index (Phi) is 4.68. The first-order valence-electron chi connectivity index (χ1n) is 9.31. The van der Waals surface area contributed by atoms with E-state index in [1.54, 1.807) is 14.0 Å². The zero-order chi connectivity index (χ0) is 18.1. The van der Waals surface area contributed by atoms with Gasteiger partial charge in [0.25, 0.3) is 0 Å². The number of ether oxygens (including phenoxy) is 1. The van der Waals surface area contributed by atoms with Crippen LogP contribution in [0.1, 0.15) is 37.2 Å². The fraction of sp³-hybridized carbons (Fsp3) is 0.500. The topological polar surface area (TPSA) is 50.6 Å². The summed E-state index contributed by atoms with van der Waals surface area (Å²) >= 11 is 0. The summed E-state index contributed by atoms with van der Waals surface area (Å²) in [5.74, 6) is 2.23. The summed E-state index contributed by atoms with van der Waals surface area (Å²) in [6, 6.07) is 9.01. The maximum Gasteiger partial charge on any atom is 0.219 e. The van der Waals surface area contributed by atoms with Crippen molar-refractivity contribution in [3.8, 4) is 5.75 Å². The van der Waals surface area contributed by atoms with Crippen LogP contribution in [0.5, 0.6) is 5.75 Å². The first-order chi connectivity index (χ1) is 12.7. The molecule has 1 saturated heterocycles. The maximum atomic E-state index is 11.7. The summed E-state index contributed by atoms with van der Waals surface area (Å²) in [6.07, 6.45) is 5.96. The predicted octanol–water partition coefficient (Wildman–Crippen LogP) is 2.46. The molecule has 2 aromatic rings. The average Bonchev–Trinajstić information content (AvgIpc) is 3.14. The minimum Gasteiger partial charge on any atom is -0.496 e. The summed E-state index contributed by atoms with van der Waals surface area (Å²) in [5, 5.41) is 0. The number of rotatable bonds is 3. The van der Waals surface area contributed by atoms with E-state index in [2.05, 4.69) is 32.8 Å². The molecule has 1 aromatic carbocycles. The van der Waals surface area contributed by atoms with Crippen molar-refractivity contribution < 1.29 is 9.53 Å². The zero-order valence-electron chi connectivity index (χ0n) is 15.5. The van der Waals surface area contributed by atoms with E-state index >= 15 is 0 Å². The Hall–Kier alpha value is -2.34. The number of para-hydroxylation sites is 1. The van der Waals surface area contributed by atoms with Gasteiger partial charge in [0.15, 0.2) is 0 Å². The summed E-state index contributed by atoms with van der Waals surface area (Å²) in [5.41, 5.74) is 1.23. The minimum atomic E-state index is 0.180. The van der Waals surface area contributed by atoms with Gasteiger partial charge in [-0.1, -0.05) is 18.2 Å². The van der Waals surface area contributed by atoms with E-state index in [4.69, 9.17) is 4.74 Å². The highest BCUT2D eigenvalue weighted by molar-refractivity contribution is 5.73. The van der Waals surface area contributed by atoms with Crippen molar-refractivity contribution in [3.63, 3.8) is 0 Å². The lowest BCUT2D eigenvalue weighted by Crippen LogP contribution is -2.49. The Balaban J connectivity index is 1.63. The third-order valence-corrected chi connectivity index (χ3v) is 5.77. The lowest BCUT2D eigenvalue weighted by Gasteiger charge is -2.44. The molecule has 2 aliphatic heterocycles. The molecular weight excluding hydrogens is 328 g/mol. The van der Waals surface area contributed by atoms with Crippen LogP contribution in [-0.4, -0.2) is 51.5 Å². The van der Waals surface area contributed by atoms with Crippen LogP contribution in [0.4, 0.5) is 0 Å². The zero-order valence-corrected chi connectivity index (χ0v) is 15.5. The van der Waals surface area contributed by atoms with E-state index in [-0.39, 0.29) is 11.9 Å². The second-order valence-electron chi connectivity index (χ2n) is 7.16. The lowest BCUT2D eigenvalue weighted by molar-refractivity contribution is -0.130. The van der Waals surface area contributed by atoms with Gasteiger partial charge in [0, 0.05) is 50.6 Å². The van der Waals surface area contributed by atoms with Crippen molar-refractivity contribution in [2.75, 3.05) is 20.2 Å². The molecule has 1 atom stereocenters. The molecule has 1 fully saturated rings. The summed E-state index contributed by atoms with van der Waals surface area (Å²) in [4.78, 5) is 20.7. The van der Waals surface area contributed by atoms with Crippen LogP contribution in [0.3, 0.4) is 0 Å². The van der Waals surface area contributed by atoms with Crippen LogP contribution < -0.4 is 4.74 Å². The number of benzene rings is 1. The molecule has 1 amide bonds. The molecule has 0 spiro atoms. The molecule has 0 bridgehead atoms. The number of carbonyl (C=O) groups excluding carboxylic acids is 1. The van der Waals surface area contributed by atoms with Crippen molar-refractivity contribution in [1.29, 1.82) is 0 Å². The fourth-order valence-electron chi connectivity index (χ4n) is 4.34. The quantitative estimate of drug-likeness (QED) is 0.850. The number of hydrogen-bond acceptors (Lipinski definition) is 4. The first-order valence-corrected chi connectivity index (χ1v) is 9.31. The van der Waals surface area contributed by atoms with Crippen LogP contribution in [0.2, 0.25) is 0 Å². The van der Waals surface area contributed by atoms with Crippen LogP contribution in [0.15, 0.2) is 36.7 Å². The Morgan fingerprint density at radius 2 is 2.00 bits per heavy atom. The molecule has 1 aromatic heterocycles. The average molecular weight is 354 g/mol. The van der Waals surface area contributed by atoms with Crippen molar-refractivity contribution in [1.82, 2.24) is 19.4 Å².